The van der Waals surface area contributed by atoms with Gasteiger partial charge in [0.2, 0.25) is 0 Å². The van der Waals surface area contributed by atoms with Crippen LogP contribution >= 0.6 is 11.6 Å². The average Bonchev–Trinajstić information content (AvgIpc) is 2.42. The molecule has 0 saturated carbocycles. The van der Waals surface area contributed by atoms with E-state index in [1.807, 2.05) is 0 Å². The van der Waals surface area contributed by atoms with Gasteiger partial charge in [-0.15, -0.1) is 0 Å². The van der Waals surface area contributed by atoms with E-state index in [1.54, 1.807) is 19.2 Å². The van der Waals surface area contributed by atoms with Crippen LogP contribution in [0, 0.1) is 5.82 Å². The summed E-state index contributed by atoms with van der Waals surface area (Å²) in [7, 11) is 1.80. The van der Waals surface area contributed by atoms with Gasteiger partial charge in [0.25, 0.3) is 0 Å². The van der Waals surface area contributed by atoms with Gasteiger partial charge in [0.15, 0.2) is 0 Å². The molecule has 0 aliphatic rings. The molecule has 0 amide bonds. The lowest BCUT2D eigenvalue weighted by Crippen LogP contribution is -2.04. The van der Waals surface area contributed by atoms with Crippen LogP contribution in [-0.4, -0.2) is 17.0 Å². The van der Waals surface area contributed by atoms with Crippen LogP contribution in [0.15, 0.2) is 24.3 Å². The van der Waals surface area contributed by atoms with Gasteiger partial charge in [-0.2, -0.15) is 0 Å². The zero-order chi connectivity index (χ0) is 14.5. The van der Waals surface area contributed by atoms with E-state index in [1.165, 1.54) is 12.1 Å². The van der Waals surface area contributed by atoms with Gasteiger partial charge in [0, 0.05) is 19.5 Å². The number of aromatic nitrogens is 2. The van der Waals surface area contributed by atoms with Crippen molar-refractivity contribution in [2.75, 3.05) is 17.7 Å². The summed E-state index contributed by atoms with van der Waals surface area (Å²) >= 11 is 5.99. The van der Waals surface area contributed by atoms with Gasteiger partial charge in [-0.1, -0.05) is 18.5 Å². The van der Waals surface area contributed by atoms with Crippen molar-refractivity contribution >= 4 is 28.9 Å². The molecule has 2 aromatic rings. The summed E-state index contributed by atoms with van der Waals surface area (Å²) in [6.07, 6.45) is 1.76. The van der Waals surface area contributed by atoms with Gasteiger partial charge >= 0.3 is 0 Å². The summed E-state index contributed by atoms with van der Waals surface area (Å²) < 4.78 is 13.0. The molecule has 0 fully saturated rings. The molecule has 106 valence electrons. The van der Waals surface area contributed by atoms with Gasteiger partial charge < -0.3 is 10.6 Å². The Bertz CT molecular complexity index is 604. The fourth-order valence-electron chi connectivity index (χ4n) is 1.75. The lowest BCUT2D eigenvalue weighted by Gasteiger charge is -2.10. The van der Waals surface area contributed by atoms with Crippen molar-refractivity contribution in [2.24, 2.45) is 0 Å². The quantitative estimate of drug-likeness (QED) is 0.875. The van der Waals surface area contributed by atoms with Gasteiger partial charge in [-0.05, 0) is 24.6 Å². The number of nitrogens with zero attached hydrogens (tertiary/aromatic N) is 2. The maximum atomic E-state index is 13.0. The zero-order valence-corrected chi connectivity index (χ0v) is 12.1. The molecule has 1 aromatic heterocycles. The first kappa shape index (κ1) is 14.5. The molecule has 0 aliphatic heterocycles. The van der Waals surface area contributed by atoms with Gasteiger partial charge in [-0.25, -0.2) is 14.4 Å². The Hall–Kier alpha value is -1.88. The Kier molecular flexibility index (Phi) is 4.74. The van der Waals surface area contributed by atoms with E-state index >= 15 is 0 Å². The van der Waals surface area contributed by atoms with Crippen molar-refractivity contribution in [1.29, 1.82) is 0 Å². The average molecular weight is 295 g/mol. The molecule has 0 spiro atoms. The fourth-order valence-corrected chi connectivity index (χ4v) is 1.97. The standard InChI is InChI=1S/C14H16ClFN4/c1-3-4-12-19-13(17-2)8-14(20-12)18-11-6-5-9(16)7-10(11)15/h5-8H,3-4H2,1-2H3,(H2,17,18,19,20). The van der Waals surface area contributed by atoms with E-state index in [-0.39, 0.29) is 5.82 Å². The molecule has 0 saturated heterocycles. The van der Waals surface area contributed by atoms with Crippen LogP contribution in [0.4, 0.5) is 21.7 Å². The molecule has 0 unspecified atom stereocenters. The number of nitrogens with one attached hydrogen (secondary N) is 2. The third-order valence-corrected chi connectivity index (χ3v) is 3.01. The zero-order valence-electron chi connectivity index (χ0n) is 11.4. The maximum Gasteiger partial charge on any atom is 0.136 e. The maximum absolute atomic E-state index is 13.0. The highest BCUT2D eigenvalue weighted by Gasteiger charge is 2.06. The normalized spacial score (nSPS) is 10.4. The highest BCUT2D eigenvalue weighted by atomic mass is 35.5. The number of hydrogen-bond donors (Lipinski definition) is 2. The van der Waals surface area contributed by atoms with E-state index in [2.05, 4.69) is 27.5 Å². The third kappa shape index (κ3) is 3.57. The van der Waals surface area contributed by atoms with Gasteiger partial charge in [0.05, 0.1) is 10.7 Å². The molecule has 6 heteroatoms. The SMILES string of the molecule is CCCc1nc(NC)cc(Nc2ccc(F)cc2Cl)n1. The van der Waals surface area contributed by atoms with Crippen LogP contribution in [0.1, 0.15) is 19.2 Å². The topological polar surface area (TPSA) is 49.8 Å². The number of hydrogen-bond acceptors (Lipinski definition) is 4. The highest BCUT2D eigenvalue weighted by Crippen LogP contribution is 2.26. The smallest absolute Gasteiger partial charge is 0.136 e. The molecule has 1 heterocycles. The van der Waals surface area contributed by atoms with E-state index in [4.69, 9.17) is 11.6 Å². The van der Waals surface area contributed by atoms with Gasteiger partial charge in [0.1, 0.15) is 23.3 Å². The molecule has 0 atom stereocenters. The summed E-state index contributed by atoms with van der Waals surface area (Å²) in [5.74, 6) is 1.73. The second kappa shape index (κ2) is 6.52. The summed E-state index contributed by atoms with van der Waals surface area (Å²) in [6, 6.07) is 5.97. The van der Waals surface area contributed by atoms with Crippen molar-refractivity contribution < 1.29 is 4.39 Å². The number of anilines is 3. The fraction of sp³-hybridized carbons (Fsp3) is 0.286. The Morgan fingerprint density at radius 1 is 1.20 bits per heavy atom. The van der Waals surface area contributed by atoms with Crippen LogP contribution in [0.5, 0.6) is 0 Å². The number of halogens is 2. The Balaban J connectivity index is 2.29. The molecule has 2 rings (SSSR count). The predicted octanol–water partition coefficient (Wildman–Crippen LogP) is 4.01. The van der Waals surface area contributed by atoms with Crippen LogP contribution in [-0.2, 0) is 6.42 Å². The second-order valence-electron chi connectivity index (χ2n) is 4.30. The first-order valence-electron chi connectivity index (χ1n) is 6.40. The molecule has 1 aromatic carbocycles. The number of aryl methyl sites for hydroxylation is 1. The monoisotopic (exact) mass is 294 g/mol. The predicted molar refractivity (Wildman–Crippen MR) is 80.3 cm³/mol. The highest BCUT2D eigenvalue weighted by molar-refractivity contribution is 6.33. The van der Waals surface area contributed by atoms with Crippen LogP contribution < -0.4 is 10.6 Å². The van der Waals surface area contributed by atoms with E-state index in [0.717, 1.165) is 24.5 Å². The van der Waals surface area contributed by atoms with E-state index < -0.39 is 0 Å². The molecule has 0 bridgehead atoms. The Labute approximate surface area is 122 Å². The molecule has 2 N–H and O–H groups in total. The lowest BCUT2D eigenvalue weighted by molar-refractivity contribution is 0.628. The third-order valence-electron chi connectivity index (χ3n) is 2.70. The van der Waals surface area contributed by atoms with Crippen molar-refractivity contribution in [3.63, 3.8) is 0 Å². The Morgan fingerprint density at radius 3 is 2.60 bits per heavy atom. The Morgan fingerprint density at radius 2 is 1.95 bits per heavy atom. The molecule has 4 nitrogen and oxygen atoms in total. The van der Waals surface area contributed by atoms with Gasteiger partial charge in [-0.3, -0.25) is 0 Å². The van der Waals surface area contributed by atoms with Crippen molar-refractivity contribution in [2.45, 2.75) is 19.8 Å². The summed E-state index contributed by atoms with van der Waals surface area (Å²) in [5.41, 5.74) is 0.608. The molecule has 0 radical (unpaired) electrons. The van der Waals surface area contributed by atoms with Crippen LogP contribution in [0.2, 0.25) is 5.02 Å². The van der Waals surface area contributed by atoms with E-state index in [0.29, 0.717) is 16.5 Å². The van der Waals surface area contributed by atoms with Crippen LogP contribution in [0.3, 0.4) is 0 Å². The van der Waals surface area contributed by atoms with Crippen molar-refractivity contribution in [1.82, 2.24) is 9.97 Å². The minimum absolute atomic E-state index is 0.312. The molecular formula is C14H16ClFN4. The molecule has 20 heavy (non-hydrogen) atoms. The first-order valence-corrected chi connectivity index (χ1v) is 6.78. The molecule has 0 aliphatic carbocycles. The minimum Gasteiger partial charge on any atom is -0.373 e. The summed E-state index contributed by atoms with van der Waals surface area (Å²) in [5, 5.41) is 6.39. The number of rotatable bonds is 5. The van der Waals surface area contributed by atoms with Crippen molar-refractivity contribution in [3.8, 4) is 0 Å². The molecular weight excluding hydrogens is 279 g/mol. The van der Waals surface area contributed by atoms with E-state index in [9.17, 15) is 4.39 Å². The lowest BCUT2D eigenvalue weighted by atomic mass is 10.3. The minimum atomic E-state index is -0.370. The largest absolute Gasteiger partial charge is 0.373 e. The summed E-state index contributed by atoms with van der Waals surface area (Å²) in [4.78, 5) is 8.78. The summed E-state index contributed by atoms with van der Waals surface area (Å²) in [6.45, 7) is 2.07. The number of benzene rings is 1. The second-order valence-corrected chi connectivity index (χ2v) is 4.71. The van der Waals surface area contributed by atoms with Crippen molar-refractivity contribution in [3.05, 3.63) is 40.9 Å². The first-order chi connectivity index (χ1) is 9.62. The van der Waals surface area contributed by atoms with Crippen LogP contribution in [0.25, 0.3) is 0 Å².